The van der Waals surface area contributed by atoms with Gasteiger partial charge in [0.25, 0.3) is 0 Å². The van der Waals surface area contributed by atoms with Crippen molar-refractivity contribution in [3.8, 4) is 0 Å². The largest absolute Gasteiger partial charge is 0.481 e. The molecule has 3 heteroatoms. The molecule has 0 aliphatic rings. The van der Waals surface area contributed by atoms with Crippen molar-refractivity contribution >= 4 is 11.8 Å². The quantitative estimate of drug-likeness (QED) is 0.470. The van der Waals surface area contributed by atoms with Crippen molar-refractivity contribution in [3.63, 3.8) is 0 Å². The number of allylic oxidation sites excluding steroid dienone is 2. The number of carboxylic acids is 1. The van der Waals surface area contributed by atoms with Gasteiger partial charge >= 0.3 is 5.97 Å². The average Bonchev–Trinajstić information content (AvgIpc) is 1.82. The van der Waals surface area contributed by atoms with E-state index in [0.717, 1.165) is 0 Å². The van der Waals surface area contributed by atoms with Gasteiger partial charge in [0.2, 0.25) is 0 Å². The van der Waals surface area contributed by atoms with E-state index < -0.39 is 5.97 Å². The van der Waals surface area contributed by atoms with Gasteiger partial charge in [0.15, 0.2) is 0 Å². The summed E-state index contributed by atoms with van der Waals surface area (Å²) in [6.45, 7) is 1.79. The second-order valence-electron chi connectivity index (χ2n) is 1.88. The Hall–Kier alpha value is -1.12. The molecule has 0 aromatic heterocycles. The summed E-state index contributed by atoms with van der Waals surface area (Å²) in [6.07, 6.45) is 3.22. The summed E-state index contributed by atoms with van der Waals surface area (Å²) in [6, 6.07) is 0. The van der Waals surface area contributed by atoms with Crippen LogP contribution < -0.4 is 0 Å². The molecule has 0 radical (unpaired) electrons. The van der Waals surface area contributed by atoms with Crippen LogP contribution in [0.2, 0.25) is 0 Å². The zero-order valence-corrected chi connectivity index (χ0v) is 5.83. The second-order valence-corrected chi connectivity index (χ2v) is 1.88. The lowest BCUT2D eigenvalue weighted by molar-refractivity contribution is -0.140. The van der Waals surface area contributed by atoms with Gasteiger partial charge in [0, 0.05) is 6.42 Å². The highest BCUT2D eigenvalue weighted by atomic mass is 16.4. The number of ketones is 1. The fourth-order valence-corrected chi connectivity index (χ4v) is 0.490. The molecule has 0 aromatic rings. The Morgan fingerprint density at radius 3 is 2.50 bits per heavy atom. The molecule has 0 aromatic carbocycles. The molecule has 0 rings (SSSR count). The molecule has 0 saturated carbocycles. The minimum atomic E-state index is -1.06. The number of hydrogen-bond acceptors (Lipinski definition) is 2. The molecule has 0 saturated heterocycles. The molecule has 56 valence electrons. The van der Waals surface area contributed by atoms with Gasteiger partial charge in [-0.05, 0) is 6.92 Å². The van der Waals surface area contributed by atoms with Gasteiger partial charge in [-0.3, -0.25) is 9.59 Å². The third kappa shape index (κ3) is 5.03. The van der Waals surface area contributed by atoms with Crippen molar-refractivity contribution < 1.29 is 14.7 Å². The van der Waals surface area contributed by atoms with E-state index in [1.807, 2.05) is 0 Å². The van der Waals surface area contributed by atoms with Gasteiger partial charge in [-0.15, -0.1) is 0 Å². The van der Waals surface area contributed by atoms with Crippen molar-refractivity contribution in [3.05, 3.63) is 12.2 Å². The van der Waals surface area contributed by atoms with Crippen molar-refractivity contribution in [1.82, 2.24) is 0 Å². The minimum Gasteiger partial charge on any atom is -0.481 e. The Balaban J connectivity index is 3.54. The molecule has 3 nitrogen and oxygen atoms in total. The van der Waals surface area contributed by atoms with E-state index in [4.69, 9.17) is 5.11 Å². The van der Waals surface area contributed by atoms with Crippen molar-refractivity contribution in [2.75, 3.05) is 0 Å². The third-order valence-electron chi connectivity index (χ3n) is 0.930. The molecule has 0 bridgehead atoms. The molecular weight excluding hydrogens is 132 g/mol. The summed E-state index contributed by atoms with van der Waals surface area (Å²) in [5.41, 5.74) is 0. The number of carbonyl (C=O) groups is 2. The first-order valence-electron chi connectivity index (χ1n) is 3.01. The van der Waals surface area contributed by atoms with E-state index in [9.17, 15) is 9.59 Å². The van der Waals surface area contributed by atoms with Crippen LogP contribution in [-0.4, -0.2) is 16.9 Å². The molecule has 0 fully saturated rings. The molecule has 1 N–H and O–H groups in total. The Kier molecular flexibility index (Phi) is 4.20. The first kappa shape index (κ1) is 8.88. The highest BCUT2D eigenvalue weighted by Crippen LogP contribution is 1.90. The van der Waals surface area contributed by atoms with Gasteiger partial charge < -0.3 is 5.11 Å². The van der Waals surface area contributed by atoms with Gasteiger partial charge in [0.1, 0.15) is 12.2 Å². The Bertz CT molecular complexity index is 158. The summed E-state index contributed by atoms with van der Waals surface area (Å²) < 4.78 is 0. The van der Waals surface area contributed by atoms with Crippen LogP contribution in [0.3, 0.4) is 0 Å². The van der Waals surface area contributed by atoms with E-state index in [1.165, 1.54) is 0 Å². The van der Waals surface area contributed by atoms with E-state index in [-0.39, 0.29) is 18.6 Å². The lowest BCUT2D eigenvalue weighted by Crippen LogP contribution is -2.04. The molecular formula is C7H10O3. The Morgan fingerprint density at radius 2 is 2.10 bits per heavy atom. The number of hydrogen-bond donors (Lipinski definition) is 1. The lowest BCUT2D eigenvalue weighted by Gasteiger charge is -1.88. The van der Waals surface area contributed by atoms with Crippen molar-refractivity contribution in [2.24, 2.45) is 0 Å². The van der Waals surface area contributed by atoms with Gasteiger partial charge in [-0.2, -0.15) is 0 Å². The van der Waals surface area contributed by atoms with Crippen LogP contribution >= 0.6 is 0 Å². The predicted octanol–water partition coefficient (Wildman–Crippen LogP) is 0.996. The maximum absolute atomic E-state index is 10.6. The molecule has 0 aliphatic carbocycles. The Labute approximate surface area is 59.4 Å². The number of aliphatic carboxylic acids is 1. The number of Topliss-reactive ketones (excluding diaryl/α,β-unsaturated/α-hetero) is 1. The van der Waals surface area contributed by atoms with Crippen LogP contribution in [0, 0.1) is 0 Å². The first-order valence-corrected chi connectivity index (χ1v) is 3.01. The van der Waals surface area contributed by atoms with Crippen molar-refractivity contribution in [2.45, 2.75) is 19.8 Å². The topological polar surface area (TPSA) is 54.4 Å². The summed E-state index contributed by atoms with van der Waals surface area (Å²) in [5, 5.41) is 8.14. The zero-order chi connectivity index (χ0) is 7.98. The predicted molar refractivity (Wildman–Crippen MR) is 36.7 cm³/mol. The van der Waals surface area contributed by atoms with Crippen LogP contribution in [0.4, 0.5) is 0 Å². The van der Waals surface area contributed by atoms with Gasteiger partial charge in [-0.25, -0.2) is 0 Å². The van der Waals surface area contributed by atoms with Crippen LogP contribution in [0.15, 0.2) is 12.2 Å². The Morgan fingerprint density at radius 1 is 1.50 bits per heavy atom. The second kappa shape index (κ2) is 4.73. The monoisotopic (exact) mass is 142 g/mol. The van der Waals surface area contributed by atoms with E-state index in [0.29, 0.717) is 0 Å². The summed E-state index contributed by atoms with van der Waals surface area (Å²) in [5.74, 6) is -1.32. The number of rotatable bonds is 4. The lowest BCUT2D eigenvalue weighted by atomic mass is 10.2. The fraction of sp³-hybridized carbons (Fsp3) is 0.429. The van der Waals surface area contributed by atoms with Gasteiger partial charge in [-0.1, -0.05) is 12.2 Å². The molecule has 0 atom stereocenters. The molecule has 0 spiro atoms. The third-order valence-corrected chi connectivity index (χ3v) is 0.930. The molecule has 0 amide bonds. The van der Waals surface area contributed by atoms with Crippen LogP contribution in [0.1, 0.15) is 19.8 Å². The average molecular weight is 142 g/mol. The number of carbonyl (C=O) groups excluding carboxylic acids is 1. The van der Waals surface area contributed by atoms with Crippen molar-refractivity contribution in [1.29, 1.82) is 0 Å². The SMILES string of the molecule is CC=CCC(=O)CC(=O)O. The highest BCUT2D eigenvalue weighted by Gasteiger charge is 2.03. The summed E-state index contributed by atoms with van der Waals surface area (Å²) >= 11 is 0. The normalized spacial score (nSPS) is 10.1. The van der Waals surface area contributed by atoms with Gasteiger partial charge in [0.05, 0.1) is 0 Å². The fourth-order valence-electron chi connectivity index (χ4n) is 0.490. The van der Waals surface area contributed by atoms with Crippen LogP contribution in [-0.2, 0) is 9.59 Å². The van der Waals surface area contributed by atoms with E-state index in [2.05, 4.69) is 0 Å². The summed E-state index contributed by atoms with van der Waals surface area (Å²) in [7, 11) is 0. The molecule has 0 heterocycles. The maximum Gasteiger partial charge on any atom is 0.310 e. The van der Waals surface area contributed by atoms with E-state index >= 15 is 0 Å². The highest BCUT2D eigenvalue weighted by molar-refractivity contribution is 5.95. The first-order chi connectivity index (χ1) is 4.66. The molecule has 0 unspecified atom stereocenters. The summed E-state index contributed by atoms with van der Waals surface area (Å²) in [4.78, 5) is 20.5. The van der Waals surface area contributed by atoms with E-state index in [1.54, 1.807) is 19.1 Å². The van der Waals surface area contributed by atoms with Crippen LogP contribution in [0.5, 0.6) is 0 Å². The number of carboxylic acid groups (broad SMARTS) is 1. The molecule has 0 aliphatic heterocycles. The van der Waals surface area contributed by atoms with Crippen LogP contribution in [0.25, 0.3) is 0 Å². The smallest absolute Gasteiger partial charge is 0.310 e. The molecule has 10 heavy (non-hydrogen) atoms. The maximum atomic E-state index is 10.6. The zero-order valence-electron chi connectivity index (χ0n) is 5.83. The standard InChI is InChI=1S/C7H10O3/c1-2-3-4-6(8)5-7(9)10/h2-3H,4-5H2,1H3,(H,9,10). The minimum absolute atomic E-state index is 0.225.